The summed E-state index contributed by atoms with van der Waals surface area (Å²) < 4.78 is 0. The third kappa shape index (κ3) is 2.75. The highest BCUT2D eigenvalue weighted by atomic mass is 35.5. The van der Waals surface area contributed by atoms with Crippen LogP contribution in [0.25, 0.3) is 0 Å². The first-order chi connectivity index (χ1) is 12.5. The molecule has 1 aliphatic heterocycles. The van der Waals surface area contributed by atoms with Crippen LogP contribution in [0.5, 0.6) is 0 Å². The predicted molar refractivity (Wildman–Crippen MR) is 96.4 cm³/mol. The zero-order valence-electron chi connectivity index (χ0n) is 14.0. The molecule has 0 radical (unpaired) electrons. The fourth-order valence-corrected chi connectivity index (χ4v) is 4.09. The lowest BCUT2D eigenvalue weighted by Crippen LogP contribution is -2.36. The number of anilines is 1. The van der Waals surface area contributed by atoms with Crippen molar-refractivity contribution in [1.82, 2.24) is 10.3 Å². The van der Waals surface area contributed by atoms with Gasteiger partial charge in [-0.15, -0.1) is 0 Å². The molecule has 2 amide bonds. The van der Waals surface area contributed by atoms with Crippen molar-refractivity contribution >= 4 is 29.1 Å². The molecule has 26 heavy (non-hydrogen) atoms. The Hall–Kier alpha value is -2.44. The first kappa shape index (κ1) is 17.0. The third-order valence-corrected chi connectivity index (χ3v) is 5.69. The number of pyridine rings is 1. The number of nitrogens with zero attached hydrogens (tertiary/aromatic N) is 2. The maximum atomic E-state index is 12.6. The number of hydrogen-bond donors (Lipinski definition) is 2. The lowest BCUT2D eigenvalue weighted by Gasteiger charge is -2.32. The average molecular weight is 372 g/mol. The number of rotatable bonds is 2. The lowest BCUT2D eigenvalue weighted by molar-refractivity contribution is -0.128. The van der Waals surface area contributed by atoms with E-state index in [0.717, 1.165) is 36.9 Å². The Bertz CT molecular complexity index is 901. The van der Waals surface area contributed by atoms with Crippen molar-refractivity contribution in [1.29, 1.82) is 0 Å². The average Bonchev–Trinajstić information content (AvgIpc) is 3.00. The number of benzene rings is 1. The molecule has 1 spiro atoms. The summed E-state index contributed by atoms with van der Waals surface area (Å²) in [6.45, 7) is 0.733. The molecule has 2 heterocycles. The first-order valence-electron chi connectivity index (χ1n) is 8.53. The topological polar surface area (TPSA) is 82.5 Å². The van der Waals surface area contributed by atoms with Crippen molar-refractivity contribution in [3.63, 3.8) is 0 Å². The summed E-state index contributed by atoms with van der Waals surface area (Å²) in [5, 5.41) is 13.9. The minimum Gasteiger partial charge on any atom is -0.356 e. The van der Waals surface area contributed by atoms with Crippen molar-refractivity contribution in [2.45, 2.75) is 25.7 Å². The van der Waals surface area contributed by atoms with Gasteiger partial charge in [-0.05, 0) is 55.0 Å². The van der Waals surface area contributed by atoms with Crippen molar-refractivity contribution in [3.05, 3.63) is 58.4 Å². The van der Waals surface area contributed by atoms with Crippen molar-refractivity contribution in [3.8, 4) is 0 Å². The monoisotopic (exact) mass is 371 g/mol. The van der Waals surface area contributed by atoms with E-state index in [9.17, 15) is 14.8 Å². The maximum absolute atomic E-state index is 12.6. The Labute approximate surface area is 155 Å². The van der Waals surface area contributed by atoms with Gasteiger partial charge in [-0.1, -0.05) is 17.7 Å². The fraction of sp³-hybridized carbons (Fsp3) is 0.316. The van der Waals surface area contributed by atoms with Crippen molar-refractivity contribution in [2.75, 3.05) is 11.6 Å². The highest BCUT2D eigenvalue weighted by Gasteiger charge is 2.44. The summed E-state index contributed by atoms with van der Waals surface area (Å²) in [4.78, 5) is 28.7. The predicted octanol–water partition coefficient (Wildman–Crippen LogP) is 2.77. The second-order valence-electron chi connectivity index (χ2n) is 6.89. The number of fused-ring (bicyclic) bond motifs is 1. The quantitative estimate of drug-likeness (QED) is 0.628. The Morgan fingerprint density at radius 3 is 2.85 bits per heavy atom. The van der Waals surface area contributed by atoms with Crippen molar-refractivity contribution in [2.24, 2.45) is 5.41 Å². The molecule has 7 heteroatoms. The van der Waals surface area contributed by atoms with E-state index in [0.29, 0.717) is 17.0 Å². The van der Waals surface area contributed by atoms with Crippen LogP contribution >= 0.6 is 11.6 Å². The van der Waals surface area contributed by atoms with Gasteiger partial charge < -0.3 is 5.32 Å². The summed E-state index contributed by atoms with van der Waals surface area (Å²) in [7, 11) is 0. The van der Waals surface area contributed by atoms with E-state index in [1.807, 2.05) is 6.07 Å². The summed E-state index contributed by atoms with van der Waals surface area (Å²) in [6.07, 6.45) is 5.90. The molecular formula is C19H18ClN3O3. The second kappa shape index (κ2) is 6.37. The van der Waals surface area contributed by atoms with Gasteiger partial charge in [0.2, 0.25) is 5.91 Å². The molecule has 2 aliphatic rings. The molecular weight excluding hydrogens is 354 g/mol. The summed E-state index contributed by atoms with van der Waals surface area (Å²) in [5.41, 5.74) is 2.41. The van der Waals surface area contributed by atoms with Crippen LogP contribution in [0, 0.1) is 5.41 Å². The minimum absolute atomic E-state index is 0.136. The van der Waals surface area contributed by atoms with Gasteiger partial charge in [-0.3, -0.25) is 19.8 Å². The Morgan fingerprint density at radius 1 is 1.27 bits per heavy atom. The summed E-state index contributed by atoms with van der Waals surface area (Å²) in [6, 6.07) is 6.85. The Kier molecular flexibility index (Phi) is 4.17. The number of carbonyl (C=O) groups excluding carboxylic acids is 2. The molecule has 1 saturated heterocycles. The van der Waals surface area contributed by atoms with E-state index in [4.69, 9.17) is 11.6 Å². The zero-order chi connectivity index (χ0) is 18.3. The highest BCUT2D eigenvalue weighted by molar-refractivity contribution is 6.33. The van der Waals surface area contributed by atoms with Crippen LogP contribution in [0.4, 0.5) is 5.69 Å². The second-order valence-corrected chi connectivity index (χ2v) is 7.30. The number of halogens is 1. The molecule has 1 aliphatic carbocycles. The SMILES string of the molecule is O=C(c1ccc2c(c1)CC[C@@]1(CCNC1=O)C2)N(O)c1ccncc1Cl. The third-order valence-electron chi connectivity index (χ3n) is 5.40. The molecule has 1 aromatic heterocycles. The number of aryl methyl sites for hydroxylation is 1. The van der Waals surface area contributed by atoms with Crippen LogP contribution in [-0.4, -0.2) is 28.6 Å². The van der Waals surface area contributed by atoms with Crippen LogP contribution in [0.15, 0.2) is 36.7 Å². The van der Waals surface area contributed by atoms with Gasteiger partial charge in [0.25, 0.3) is 5.91 Å². The van der Waals surface area contributed by atoms with Crippen LogP contribution < -0.4 is 10.4 Å². The largest absolute Gasteiger partial charge is 0.356 e. The number of nitrogens with one attached hydrogen (secondary N) is 1. The Balaban J connectivity index is 1.59. The molecule has 2 aromatic rings. The van der Waals surface area contributed by atoms with Gasteiger partial charge in [-0.25, -0.2) is 0 Å². The summed E-state index contributed by atoms with van der Waals surface area (Å²) >= 11 is 5.99. The van der Waals surface area contributed by atoms with E-state index in [-0.39, 0.29) is 22.0 Å². The molecule has 0 bridgehead atoms. The number of aromatic nitrogens is 1. The van der Waals surface area contributed by atoms with Crippen LogP contribution in [0.1, 0.15) is 34.3 Å². The maximum Gasteiger partial charge on any atom is 0.282 e. The number of amides is 2. The van der Waals surface area contributed by atoms with Crippen LogP contribution in [0.2, 0.25) is 5.02 Å². The molecule has 6 nitrogen and oxygen atoms in total. The van der Waals surface area contributed by atoms with E-state index < -0.39 is 5.91 Å². The molecule has 134 valence electrons. The van der Waals surface area contributed by atoms with Crippen LogP contribution in [-0.2, 0) is 17.6 Å². The standard InChI is InChI=1S/C19H18ClN3O3/c20-15-11-21-7-4-16(15)23(26)17(24)13-1-2-14-10-19(5-3-12(14)9-13)6-8-22-18(19)25/h1-2,4,7,9,11,26H,3,5-6,8,10H2,(H,22,25)/t19-/m1/s1. The van der Waals surface area contributed by atoms with E-state index in [2.05, 4.69) is 10.3 Å². The zero-order valence-corrected chi connectivity index (χ0v) is 14.8. The van der Waals surface area contributed by atoms with E-state index >= 15 is 0 Å². The van der Waals surface area contributed by atoms with Gasteiger partial charge >= 0.3 is 0 Å². The van der Waals surface area contributed by atoms with Gasteiger partial charge in [0, 0.05) is 24.5 Å². The first-order valence-corrected chi connectivity index (χ1v) is 8.91. The van der Waals surface area contributed by atoms with Gasteiger partial charge in [0.1, 0.15) is 0 Å². The molecule has 2 N–H and O–H groups in total. The van der Waals surface area contributed by atoms with Gasteiger partial charge in [0.15, 0.2) is 0 Å². The van der Waals surface area contributed by atoms with E-state index in [1.165, 1.54) is 18.5 Å². The number of hydrogen-bond acceptors (Lipinski definition) is 4. The van der Waals surface area contributed by atoms with Crippen LogP contribution in [0.3, 0.4) is 0 Å². The minimum atomic E-state index is -0.556. The van der Waals surface area contributed by atoms with E-state index in [1.54, 1.807) is 12.1 Å². The fourth-order valence-electron chi connectivity index (χ4n) is 3.89. The number of hydroxylamine groups is 1. The smallest absolute Gasteiger partial charge is 0.282 e. The molecule has 1 atom stereocenters. The molecule has 4 rings (SSSR count). The molecule has 1 fully saturated rings. The molecule has 0 saturated carbocycles. The Morgan fingerprint density at radius 2 is 2.12 bits per heavy atom. The normalized spacial score (nSPS) is 21.4. The number of carbonyl (C=O) groups is 2. The van der Waals surface area contributed by atoms with Crippen molar-refractivity contribution < 1.29 is 14.8 Å². The lowest BCUT2D eigenvalue weighted by atomic mass is 9.70. The van der Waals surface area contributed by atoms with Gasteiger partial charge in [0.05, 0.1) is 16.1 Å². The van der Waals surface area contributed by atoms with Gasteiger partial charge in [-0.2, -0.15) is 5.06 Å². The highest BCUT2D eigenvalue weighted by Crippen LogP contribution is 2.41. The molecule has 0 unspecified atom stereocenters. The summed E-state index contributed by atoms with van der Waals surface area (Å²) in [5.74, 6) is -0.419. The molecule has 1 aromatic carbocycles.